The van der Waals surface area contributed by atoms with Gasteiger partial charge in [-0.15, -0.1) is 6.58 Å². The first-order valence-electron chi connectivity index (χ1n) is 4.34. The molecule has 1 atom stereocenters. The normalized spacial score (nSPS) is 18.9. The van der Waals surface area contributed by atoms with E-state index in [-0.39, 0.29) is 12.1 Å². The number of carbonyl (C=O) groups is 1. The fourth-order valence-electron chi connectivity index (χ4n) is 1.61. The van der Waals surface area contributed by atoms with E-state index in [1.807, 2.05) is 12.1 Å². The lowest BCUT2D eigenvalue weighted by molar-refractivity contribution is 0.0391. The summed E-state index contributed by atoms with van der Waals surface area (Å²) in [5, 5.41) is 0. The van der Waals surface area contributed by atoms with Crippen molar-refractivity contribution in [2.24, 2.45) is 0 Å². The summed E-state index contributed by atoms with van der Waals surface area (Å²) in [5.74, 6) is -0.242. The van der Waals surface area contributed by atoms with Crippen molar-refractivity contribution in [1.82, 2.24) is 0 Å². The van der Waals surface area contributed by atoms with Crippen LogP contribution in [0.5, 0.6) is 0 Å². The zero-order chi connectivity index (χ0) is 10.1. The maximum absolute atomic E-state index is 11.4. The molecule has 0 amide bonds. The van der Waals surface area contributed by atoms with Gasteiger partial charge in [-0.25, -0.2) is 4.79 Å². The highest BCUT2D eigenvalue weighted by Crippen LogP contribution is 2.37. The predicted molar refractivity (Wildman–Crippen MR) is 57.1 cm³/mol. The Bertz CT molecular complexity index is 398. The molecular weight excluding hydrogens is 244 g/mol. The van der Waals surface area contributed by atoms with Gasteiger partial charge in [0.15, 0.2) is 0 Å². The number of hydrogen-bond acceptors (Lipinski definition) is 2. The van der Waals surface area contributed by atoms with Gasteiger partial charge in [0.25, 0.3) is 0 Å². The molecule has 0 aliphatic carbocycles. The Hall–Kier alpha value is -1.09. The highest BCUT2D eigenvalue weighted by Gasteiger charge is 2.31. The number of esters is 1. The van der Waals surface area contributed by atoms with Crippen molar-refractivity contribution in [2.75, 3.05) is 0 Å². The number of carbonyl (C=O) groups excluding carboxylic acids is 1. The molecule has 2 rings (SSSR count). The van der Waals surface area contributed by atoms with E-state index in [4.69, 9.17) is 4.74 Å². The summed E-state index contributed by atoms with van der Waals surface area (Å²) >= 11 is 3.42. The Morgan fingerprint density at radius 2 is 2.36 bits per heavy atom. The summed E-state index contributed by atoms with van der Waals surface area (Å²) < 4.78 is 6.14. The molecule has 1 aliphatic heterocycles. The van der Waals surface area contributed by atoms with Gasteiger partial charge in [0.1, 0.15) is 6.10 Å². The molecule has 0 spiro atoms. The molecule has 0 N–H and O–H groups in total. The van der Waals surface area contributed by atoms with Crippen LogP contribution < -0.4 is 0 Å². The highest BCUT2D eigenvalue weighted by molar-refractivity contribution is 9.10. The summed E-state index contributed by atoms with van der Waals surface area (Å²) in [5.41, 5.74) is 1.60. The van der Waals surface area contributed by atoms with Gasteiger partial charge in [-0.05, 0) is 12.1 Å². The molecule has 0 saturated carbocycles. The first kappa shape index (κ1) is 9.46. The van der Waals surface area contributed by atoms with Crippen molar-refractivity contribution in [3.8, 4) is 0 Å². The van der Waals surface area contributed by atoms with Gasteiger partial charge in [-0.3, -0.25) is 0 Å². The molecule has 2 nitrogen and oxygen atoms in total. The molecule has 1 aliphatic rings. The summed E-state index contributed by atoms with van der Waals surface area (Å²) in [4.78, 5) is 11.4. The number of cyclic esters (lactones) is 1. The minimum absolute atomic E-state index is 0.175. The zero-order valence-electron chi connectivity index (χ0n) is 7.50. The number of fused-ring (bicyclic) bond motifs is 1. The Labute approximate surface area is 90.7 Å². The molecule has 1 aromatic carbocycles. The molecular formula is C11H9BrO2. The Morgan fingerprint density at radius 3 is 3.07 bits per heavy atom. The molecule has 0 radical (unpaired) electrons. The standard InChI is InChI=1S/C11H9BrO2/c1-2-4-9-10-7(11(13)14-9)5-3-6-8(10)12/h2-3,5-6,9H,1,4H2/t9-/m0/s1. The van der Waals surface area contributed by atoms with Crippen molar-refractivity contribution in [1.29, 1.82) is 0 Å². The first-order valence-corrected chi connectivity index (χ1v) is 5.13. The van der Waals surface area contributed by atoms with Crippen LogP contribution in [-0.2, 0) is 4.74 Å². The lowest BCUT2D eigenvalue weighted by Gasteiger charge is -2.08. The average molecular weight is 253 g/mol. The molecule has 1 heterocycles. The second-order valence-corrected chi connectivity index (χ2v) is 3.97. The van der Waals surface area contributed by atoms with Crippen LogP contribution in [0, 0.1) is 0 Å². The monoisotopic (exact) mass is 252 g/mol. The van der Waals surface area contributed by atoms with Crippen LogP contribution in [-0.4, -0.2) is 5.97 Å². The summed E-state index contributed by atoms with van der Waals surface area (Å²) in [7, 11) is 0. The third-order valence-electron chi connectivity index (χ3n) is 2.22. The molecule has 0 saturated heterocycles. The number of hydrogen-bond donors (Lipinski definition) is 0. The SMILES string of the molecule is C=CC[C@@H]1OC(=O)c2cccc(Br)c21. The fourth-order valence-corrected chi connectivity index (χ4v) is 2.23. The van der Waals surface area contributed by atoms with E-state index < -0.39 is 0 Å². The second kappa shape index (κ2) is 3.58. The van der Waals surface area contributed by atoms with Crippen molar-refractivity contribution < 1.29 is 9.53 Å². The molecule has 0 unspecified atom stereocenters. The van der Waals surface area contributed by atoms with E-state index in [2.05, 4.69) is 22.5 Å². The van der Waals surface area contributed by atoms with Crippen LogP contribution in [0.15, 0.2) is 35.3 Å². The molecule has 0 aromatic heterocycles. The van der Waals surface area contributed by atoms with E-state index in [1.54, 1.807) is 12.1 Å². The third kappa shape index (κ3) is 1.38. The maximum Gasteiger partial charge on any atom is 0.339 e. The van der Waals surface area contributed by atoms with Crippen LogP contribution in [0.4, 0.5) is 0 Å². The van der Waals surface area contributed by atoms with Gasteiger partial charge in [0.2, 0.25) is 0 Å². The molecule has 0 bridgehead atoms. The van der Waals surface area contributed by atoms with Crippen LogP contribution in [0.25, 0.3) is 0 Å². The van der Waals surface area contributed by atoms with E-state index in [0.29, 0.717) is 12.0 Å². The van der Waals surface area contributed by atoms with Crippen LogP contribution in [0.3, 0.4) is 0 Å². The molecule has 14 heavy (non-hydrogen) atoms. The lowest BCUT2D eigenvalue weighted by atomic mass is 10.0. The highest BCUT2D eigenvalue weighted by atomic mass is 79.9. The Kier molecular flexibility index (Phi) is 2.42. The van der Waals surface area contributed by atoms with Gasteiger partial charge in [0.05, 0.1) is 5.56 Å². The van der Waals surface area contributed by atoms with Crippen molar-refractivity contribution in [3.63, 3.8) is 0 Å². The summed E-state index contributed by atoms with van der Waals surface area (Å²) in [6, 6.07) is 5.53. The smallest absolute Gasteiger partial charge is 0.339 e. The van der Waals surface area contributed by atoms with Crippen molar-refractivity contribution >= 4 is 21.9 Å². The van der Waals surface area contributed by atoms with E-state index in [0.717, 1.165) is 10.0 Å². The van der Waals surface area contributed by atoms with Gasteiger partial charge >= 0.3 is 5.97 Å². The fraction of sp³-hybridized carbons (Fsp3) is 0.182. The number of rotatable bonds is 2. The number of ether oxygens (including phenoxy) is 1. The van der Waals surface area contributed by atoms with Gasteiger partial charge in [-0.1, -0.05) is 28.1 Å². The van der Waals surface area contributed by atoms with Crippen LogP contribution in [0.1, 0.15) is 28.4 Å². The quantitative estimate of drug-likeness (QED) is 0.597. The average Bonchev–Trinajstić information content (AvgIpc) is 2.46. The maximum atomic E-state index is 11.4. The number of halogens is 1. The number of benzene rings is 1. The largest absolute Gasteiger partial charge is 0.453 e. The van der Waals surface area contributed by atoms with Crippen LogP contribution >= 0.6 is 15.9 Å². The zero-order valence-corrected chi connectivity index (χ0v) is 9.08. The minimum atomic E-state index is -0.242. The van der Waals surface area contributed by atoms with Gasteiger partial charge in [-0.2, -0.15) is 0 Å². The topological polar surface area (TPSA) is 26.3 Å². The van der Waals surface area contributed by atoms with Crippen molar-refractivity contribution in [2.45, 2.75) is 12.5 Å². The molecule has 1 aromatic rings. The van der Waals surface area contributed by atoms with Gasteiger partial charge in [0, 0.05) is 16.5 Å². The molecule has 0 fully saturated rings. The molecule has 3 heteroatoms. The summed E-state index contributed by atoms with van der Waals surface area (Å²) in [6.45, 7) is 3.65. The van der Waals surface area contributed by atoms with E-state index in [9.17, 15) is 4.79 Å². The van der Waals surface area contributed by atoms with Crippen LogP contribution in [0.2, 0.25) is 0 Å². The Morgan fingerprint density at radius 1 is 1.57 bits per heavy atom. The predicted octanol–water partition coefficient (Wildman–Crippen LogP) is 3.24. The van der Waals surface area contributed by atoms with Crippen molar-refractivity contribution in [3.05, 3.63) is 46.5 Å². The first-order chi connectivity index (χ1) is 6.74. The minimum Gasteiger partial charge on any atom is -0.453 e. The van der Waals surface area contributed by atoms with Gasteiger partial charge < -0.3 is 4.74 Å². The lowest BCUT2D eigenvalue weighted by Crippen LogP contribution is -1.97. The Balaban J connectivity index is 2.50. The van der Waals surface area contributed by atoms with E-state index in [1.165, 1.54) is 0 Å². The third-order valence-corrected chi connectivity index (χ3v) is 2.92. The summed E-state index contributed by atoms with van der Waals surface area (Å²) in [6.07, 6.45) is 2.24. The second-order valence-electron chi connectivity index (χ2n) is 3.12. The molecule has 72 valence electrons. The van der Waals surface area contributed by atoms with E-state index >= 15 is 0 Å².